The number of hydrogen-bond donors (Lipinski definition) is 1. The van der Waals surface area contributed by atoms with Gasteiger partial charge in [-0.2, -0.15) is 0 Å². The Morgan fingerprint density at radius 2 is 2.25 bits per heavy atom. The molecule has 0 radical (unpaired) electrons. The molecule has 3 nitrogen and oxygen atoms in total. The van der Waals surface area contributed by atoms with Crippen molar-refractivity contribution in [2.75, 3.05) is 6.61 Å². The Hall–Kier alpha value is -0.120. The summed E-state index contributed by atoms with van der Waals surface area (Å²) in [4.78, 5) is 0. The second-order valence-electron chi connectivity index (χ2n) is 4.22. The van der Waals surface area contributed by atoms with E-state index in [1.165, 1.54) is 0 Å². The number of hydrogen-bond acceptors (Lipinski definition) is 3. The molecule has 1 aliphatic heterocycles. The van der Waals surface area contributed by atoms with Gasteiger partial charge in [-0.25, -0.2) is 0 Å². The molecule has 1 heterocycles. The maximum atomic E-state index is 9.25. The first kappa shape index (κ1) is 8.48. The van der Waals surface area contributed by atoms with Crippen molar-refractivity contribution in [2.24, 2.45) is 0 Å². The van der Waals surface area contributed by atoms with Gasteiger partial charge in [-0.3, -0.25) is 0 Å². The molecule has 2 atom stereocenters. The number of aliphatic hydroxyl groups is 1. The van der Waals surface area contributed by atoms with Crippen LogP contribution in [0, 0.1) is 0 Å². The zero-order valence-corrected chi connectivity index (χ0v) is 7.67. The molecule has 1 N–H and O–H groups in total. The summed E-state index contributed by atoms with van der Waals surface area (Å²) in [6.45, 7) is 3.90. The zero-order valence-electron chi connectivity index (χ0n) is 7.67. The zero-order chi connectivity index (χ0) is 8.82. The fourth-order valence-corrected chi connectivity index (χ4v) is 2.36. The standard InChI is InChI=1S/C9H16O3/c1-8(2)11-7-4-3-5-9(7,6-10)12-8/h7,10H,3-6H2,1-2H3/t7-,9-/m0/s1. The smallest absolute Gasteiger partial charge is 0.164 e. The van der Waals surface area contributed by atoms with Gasteiger partial charge in [0.2, 0.25) is 0 Å². The number of ether oxygens (including phenoxy) is 2. The Kier molecular flexibility index (Phi) is 1.72. The van der Waals surface area contributed by atoms with Gasteiger partial charge in [0.15, 0.2) is 5.79 Å². The predicted octanol–water partition coefficient (Wildman–Crippen LogP) is 1.05. The van der Waals surface area contributed by atoms with Crippen molar-refractivity contribution in [1.29, 1.82) is 0 Å². The van der Waals surface area contributed by atoms with Crippen LogP contribution in [0.5, 0.6) is 0 Å². The third kappa shape index (κ3) is 1.08. The first-order valence-electron chi connectivity index (χ1n) is 4.57. The molecule has 2 fully saturated rings. The van der Waals surface area contributed by atoms with Gasteiger partial charge in [0, 0.05) is 0 Å². The van der Waals surface area contributed by atoms with Crippen molar-refractivity contribution >= 4 is 0 Å². The van der Waals surface area contributed by atoms with Crippen LogP contribution < -0.4 is 0 Å². The first-order chi connectivity index (χ1) is 5.58. The van der Waals surface area contributed by atoms with Crippen LogP contribution in [0.1, 0.15) is 33.1 Å². The second-order valence-corrected chi connectivity index (χ2v) is 4.22. The normalized spacial score (nSPS) is 44.8. The van der Waals surface area contributed by atoms with Crippen LogP contribution in [0.2, 0.25) is 0 Å². The van der Waals surface area contributed by atoms with Crippen LogP contribution in [0.25, 0.3) is 0 Å². The first-order valence-corrected chi connectivity index (χ1v) is 4.57. The van der Waals surface area contributed by atoms with Crippen molar-refractivity contribution in [1.82, 2.24) is 0 Å². The maximum absolute atomic E-state index is 9.25. The molecular weight excluding hydrogens is 156 g/mol. The monoisotopic (exact) mass is 172 g/mol. The lowest BCUT2D eigenvalue weighted by Gasteiger charge is -2.25. The van der Waals surface area contributed by atoms with Gasteiger partial charge in [-0.05, 0) is 33.1 Å². The summed E-state index contributed by atoms with van der Waals surface area (Å²) in [6.07, 6.45) is 3.15. The number of rotatable bonds is 1. The van der Waals surface area contributed by atoms with Crippen molar-refractivity contribution in [3.05, 3.63) is 0 Å². The van der Waals surface area contributed by atoms with E-state index in [4.69, 9.17) is 9.47 Å². The molecule has 0 unspecified atom stereocenters. The molecule has 0 aromatic heterocycles. The average molecular weight is 172 g/mol. The van der Waals surface area contributed by atoms with E-state index in [9.17, 15) is 5.11 Å². The second kappa shape index (κ2) is 2.44. The van der Waals surface area contributed by atoms with Gasteiger partial charge in [0.1, 0.15) is 5.60 Å². The minimum absolute atomic E-state index is 0.0844. The van der Waals surface area contributed by atoms with E-state index >= 15 is 0 Å². The Morgan fingerprint density at radius 3 is 2.83 bits per heavy atom. The summed E-state index contributed by atoms with van der Waals surface area (Å²) in [5, 5.41) is 9.25. The summed E-state index contributed by atoms with van der Waals surface area (Å²) >= 11 is 0. The molecule has 0 bridgehead atoms. The molecule has 2 rings (SSSR count). The highest BCUT2D eigenvalue weighted by Crippen LogP contribution is 2.45. The lowest BCUT2D eigenvalue weighted by atomic mass is 10.0. The van der Waals surface area contributed by atoms with Gasteiger partial charge < -0.3 is 14.6 Å². The molecule has 12 heavy (non-hydrogen) atoms. The van der Waals surface area contributed by atoms with Gasteiger partial charge in [0.05, 0.1) is 12.7 Å². The summed E-state index contributed by atoms with van der Waals surface area (Å²) in [5.74, 6) is -0.506. The van der Waals surface area contributed by atoms with Crippen LogP contribution in [-0.4, -0.2) is 29.2 Å². The number of aliphatic hydroxyl groups excluding tert-OH is 1. The van der Waals surface area contributed by atoms with Gasteiger partial charge >= 0.3 is 0 Å². The van der Waals surface area contributed by atoms with Gasteiger partial charge in [-0.1, -0.05) is 0 Å². The van der Waals surface area contributed by atoms with Gasteiger partial charge in [0.25, 0.3) is 0 Å². The quantitative estimate of drug-likeness (QED) is 0.642. The van der Waals surface area contributed by atoms with Crippen molar-refractivity contribution in [2.45, 2.75) is 50.6 Å². The Morgan fingerprint density at radius 1 is 1.50 bits per heavy atom. The van der Waals surface area contributed by atoms with E-state index in [-0.39, 0.29) is 18.3 Å². The lowest BCUT2D eigenvalue weighted by molar-refractivity contribution is -0.174. The fraction of sp³-hybridized carbons (Fsp3) is 1.00. The predicted molar refractivity (Wildman–Crippen MR) is 43.7 cm³/mol. The van der Waals surface area contributed by atoms with Crippen LogP contribution in [0.4, 0.5) is 0 Å². The summed E-state index contributed by atoms with van der Waals surface area (Å²) in [5.41, 5.74) is -0.385. The lowest BCUT2D eigenvalue weighted by Crippen LogP contribution is -2.39. The Balaban J connectivity index is 2.20. The van der Waals surface area contributed by atoms with E-state index < -0.39 is 5.79 Å². The minimum Gasteiger partial charge on any atom is -0.393 e. The highest BCUT2D eigenvalue weighted by Gasteiger charge is 2.55. The molecule has 3 heteroatoms. The molecule has 1 saturated carbocycles. The molecule has 0 amide bonds. The number of fused-ring (bicyclic) bond motifs is 1. The maximum Gasteiger partial charge on any atom is 0.164 e. The third-order valence-electron chi connectivity index (χ3n) is 2.80. The van der Waals surface area contributed by atoms with Crippen LogP contribution >= 0.6 is 0 Å². The van der Waals surface area contributed by atoms with E-state index in [0.29, 0.717) is 0 Å². The molecule has 1 saturated heterocycles. The molecule has 0 aromatic rings. The van der Waals surface area contributed by atoms with Gasteiger partial charge in [-0.15, -0.1) is 0 Å². The Bertz CT molecular complexity index is 190. The summed E-state index contributed by atoms with van der Waals surface area (Å²) in [6, 6.07) is 0. The topological polar surface area (TPSA) is 38.7 Å². The molecule has 1 aliphatic carbocycles. The SMILES string of the molecule is CC1(C)O[C@H]2CCC[C@@]2(CO)O1. The highest BCUT2D eigenvalue weighted by atomic mass is 16.8. The summed E-state index contributed by atoms with van der Waals surface area (Å²) < 4.78 is 11.4. The highest BCUT2D eigenvalue weighted by molar-refractivity contribution is 5.00. The molecule has 2 aliphatic rings. The average Bonchev–Trinajstić information content (AvgIpc) is 2.40. The van der Waals surface area contributed by atoms with E-state index in [0.717, 1.165) is 19.3 Å². The minimum atomic E-state index is -0.506. The van der Waals surface area contributed by atoms with Crippen LogP contribution in [0.15, 0.2) is 0 Å². The summed E-state index contributed by atoms with van der Waals surface area (Å²) in [7, 11) is 0. The molecule has 0 aromatic carbocycles. The van der Waals surface area contributed by atoms with Crippen LogP contribution in [0.3, 0.4) is 0 Å². The van der Waals surface area contributed by atoms with Crippen LogP contribution in [-0.2, 0) is 9.47 Å². The molecule has 0 spiro atoms. The molecular formula is C9H16O3. The Labute approximate surface area is 72.7 Å². The van der Waals surface area contributed by atoms with Crippen molar-refractivity contribution in [3.8, 4) is 0 Å². The van der Waals surface area contributed by atoms with Crippen molar-refractivity contribution < 1.29 is 14.6 Å². The largest absolute Gasteiger partial charge is 0.393 e. The molecule has 70 valence electrons. The third-order valence-corrected chi connectivity index (χ3v) is 2.80. The van der Waals surface area contributed by atoms with Crippen molar-refractivity contribution in [3.63, 3.8) is 0 Å². The van der Waals surface area contributed by atoms with E-state index in [2.05, 4.69) is 0 Å². The van der Waals surface area contributed by atoms with E-state index in [1.54, 1.807) is 0 Å². The van der Waals surface area contributed by atoms with E-state index in [1.807, 2.05) is 13.8 Å². The fourth-order valence-electron chi connectivity index (χ4n) is 2.36.